The van der Waals surface area contributed by atoms with E-state index in [1.807, 2.05) is 6.08 Å². The van der Waals surface area contributed by atoms with Gasteiger partial charge in [-0.2, -0.15) is 26.0 Å². The largest absolute Gasteiger partial charge is 0.573 e. The SMILES string of the molecule is CCCC1CC=C(c2ccc(-c3cc(F)c(OC(F)(F)F)c(F)c3OS(=O)(=O)C(F)(F)F)cc2)CC1. The fourth-order valence-electron chi connectivity index (χ4n) is 3.93. The monoisotopic (exact) mass is 544 g/mol. The van der Waals surface area contributed by atoms with Crippen LogP contribution in [0.25, 0.3) is 16.7 Å². The first kappa shape index (κ1) is 27.8. The minimum Gasteiger partial charge on any atom is -0.399 e. The average molecular weight is 544 g/mol. The molecule has 4 nitrogen and oxygen atoms in total. The smallest absolute Gasteiger partial charge is 0.399 e. The van der Waals surface area contributed by atoms with Crippen LogP contribution < -0.4 is 8.92 Å². The Kier molecular flexibility index (Phi) is 7.92. The molecule has 2 aromatic carbocycles. The van der Waals surface area contributed by atoms with Crippen molar-refractivity contribution < 1.29 is 52.5 Å². The van der Waals surface area contributed by atoms with Crippen molar-refractivity contribution in [3.8, 4) is 22.6 Å². The van der Waals surface area contributed by atoms with Gasteiger partial charge in [0.15, 0.2) is 11.6 Å². The van der Waals surface area contributed by atoms with Crippen LogP contribution in [0.4, 0.5) is 35.1 Å². The van der Waals surface area contributed by atoms with E-state index >= 15 is 0 Å². The summed E-state index contributed by atoms with van der Waals surface area (Å²) in [6.45, 7) is 2.09. The van der Waals surface area contributed by atoms with E-state index < -0.39 is 50.7 Å². The minimum atomic E-state index is -6.52. The maximum absolute atomic E-state index is 14.8. The molecule has 1 aliphatic rings. The molecule has 0 saturated carbocycles. The Hall–Kier alpha value is -2.83. The zero-order valence-electron chi connectivity index (χ0n) is 18.6. The zero-order valence-corrected chi connectivity index (χ0v) is 19.5. The van der Waals surface area contributed by atoms with Crippen molar-refractivity contribution in [2.75, 3.05) is 0 Å². The third kappa shape index (κ3) is 6.29. The molecule has 0 aromatic heterocycles. The van der Waals surface area contributed by atoms with Gasteiger partial charge in [0, 0.05) is 5.56 Å². The third-order valence-corrected chi connectivity index (χ3v) is 6.56. The van der Waals surface area contributed by atoms with E-state index in [2.05, 4.69) is 15.8 Å². The maximum atomic E-state index is 14.8. The summed E-state index contributed by atoms with van der Waals surface area (Å²) < 4.78 is 135. The molecule has 2 aromatic rings. The highest BCUT2D eigenvalue weighted by atomic mass is 32.2. The maximum Gasteiger partial charge on any atom is 0.573 e. The number of allylic oxidation sites excluding steroid dienone is 2. The standard InChI is InChI=1S/C23H20F8O4S/c1-2-3-13-4-6-14(7-5-13)15-8-10-16(11-9-15)17-12-18(24)21(34-22(26,27)28)19(25)20(17)35-36(32,33)23(29,30)31/h6,8-13H,2-5,7H2,1H3. The number of hydrogen-bond acceptors (Lipinski definition) is 4. The lowest BCUT2D eigenvalue weighted by Crippen LogP contribution is -2.29. The van der Waals surface area contributed by atoms with Crippen LogP contribution in [0.1, 0.15) is 44.6 Å². The molecule has 0 bridgehead atoms. The molecular formula is C23H20F8O4S. The number of rotatable bonds is 7. The number of benzene rings is 2. The van der Waals surface area contributed by atoms with Gasteiger partial charge in [0.05, 0.1) is 0 Å². The predicted molar refractivity (Wildman–Crippen MR) is 114 cm³/mol. The number of hydrogen-bond donors (Lipinski definition) is 0. The van der Waals surface area contributed by atoms with Crippen LogP contribution >= 0.6 is 0 Å². The molecular weight excluding hydrogens is 524 g/mol. The minimum absolute atomic E-state index is 0.204. The highest BCUT2D eigenvalue weighted by Crippen LogP contribution is 2.43. The van der Waals surface area contributed by atoms with Crippen molar-refractivity contribution in [3.05, 3.63) is 53.6 Å². The molecule has 13 heteroatoms. The van der Waals surface area contributed by atoms with Gasteiger partial charge in [-0.3, -0.25) is 0 Å². The van der Waals surface area contributed by atoms with Crippen LogP contribution in [0.3, 0.4) is 0 Å². The fourth-order valence-corrected chi connectivity index (χ4v) is 4.41. The van der Waals surface area contributed by atoms with Crippen LogP contribution in [0.2, 0.25) is 0 Å². The van der Waals surface area contributed by atoms with Crippen LogP contribution in [0, 0.1) is 17.6 Å². The van der Waals surface area contributed by atoms with E-state index in [0.29, 0.717) is 5.92 Å². The van der Waals surface area contributed by atoms with Gasteiger partial charge in [0.1, 0.15) is 0 Å². The summed E-state index contributed by atoms with van der Waals surface area (Å²) in [5, 5.41) is 0. The Bertz CT molecular complexity index is 1230. The molecule has 36 heavy (non-hydrogen) atoms. The van der Waals surface area contributed by atoms with E-state index in [-0.39, 0.29) is 11.6 Å². The molecule has 198 valence electrons. The van der Waals surface area contributed by atoms with E-state index in [1.165, 1.54) is 24.3 Å². The average Bonchev–Trinajstić information content (AvgIpc) is 2.78. The molecule has 1 aliphatic carbocycles. The summed E-state index contributed by atoms with van der Waals surface area (Å²) in [5.41, 5.74) is -5.40. The highest BCUT2D eigenvalue weighted by molar-refractivity contribution is 7.88. The molecule has 0 spiro atoms. The van der Waals surface area contributed by atoms with E-state index in [4.69, 9.17) is 0 Å². The van der Waals surface area contributed by atoms with Crippen LogP contribution in [-0.4, -0.2) is 20.3 Å². The van der Waals surface area contributed by atoms with Gasteiger partial charge in [0.25, 0.3) is 0 Å². The molecule has 0 saturated heterocycles. The molecule has 0 amide bonds. The highest BCUT2D eigenvalue weighted by Gasteiger charge is 2.49. The van der Waals surface area contributed by atoms with Crippen LogP contribution in [0.5, 0.6) is 11.5 Å². The first-order valence-electron chi connectivity index (χ1n) is 10.7. The summed E-state index contributed by atoms with van der Waals surface area (Å²) in [7, 11) is -6.52. The molecule has 1 unspecified atom stereocenters. The molecule has 0 N–H and O–H groups in total. The van der Waals surface area contributed by atoms with E-state index in [0.717, 1.165) is 43.2 Å². The predicted octanol–water partition coefficient (Wildman–Crippen LogP) is 7.74. The Morgan fingerprint density at radius 2 is 1.58 bits per heavy atom. The summed E-state index contributed by atoms with van der Waals surface area (Å²) in [6.07, 6.45) is 1.12. The van der Waals surface area contributed by atoms with Crippen molar-refractivity contribution in [2.24, 2.45) is 5.92 Å². The van der Waals surface area contributed by atoms with Gasteiger partial charge in [-0.15, -0.1) is 13.2 Å². The fraction of sp³-hybridized carbons (Fsp3) is 0.391. The van der Waals surface area contributed by atoms with Gasteiger partial charge in [0.2, 0.25) is 11.6 Å². The molecule has 0 radical (unpaired) electrons. The number of ether oxygens (including phenoxy) is 1. The van der Waals surface area contributed by atoms with E-state index in [1.54, 1.807) is 0 Å². The normalized spacial score (nSPS) is 17.0. The lowest BCUT2D eigenvalue weighted by molar-refractivity contribution is -0.276. The van der Waals surface area contributed by atoms with Crippen molar-refractivity contribution >= 4 is 15.7 Å². The summed E-state index contributed by atoms with van der Waals surface area (Å²) in [5.74, 6) is -7.74. The lowest BCUT2D eigenvalue weighted by Gasteiger charge is -2.22. The first-order chi connectivity index (χ1) is 16.6. The molecule has 0 fully saturated rings. The number of halogens is 8. The second kappa shape index (κ2) is 10.3. The quantitative estimate of drug-likeness (QED) is 0.203. The Balaban J connectivity index is 2.05. The van der Waals surface area contributed by atoms with Gasteiger partial charge in [-0.1, -0.05) is 50.1 Å². The Morgan fingerprint density at radius 1 is 0.972 bits per heavy atom. The van der Waals surface area contributed by atoms with Crippen molar-refractivity contribution in [3.63, 3.8) is 0 Å². The molecule has 1 atom stereocenters. The summed E-state index contributed by atoms with van der Waals surface area (Å²) in [4.78, 5) is 0. The molecule has 0 aliphatic heterocycles. The van der Waals surface area contributed by atoms with Gasteiger partial charge in [-0.05, 0) is 47.9 Å². The van der Waals surface area contributed by atoms with Gasteiger partial charge < -0.3 is 8.92 Å². The van der Waals surface area contributed by atoms with Crippen LogP contribution in [0.15, 0.2) is 36.4 Å². The number of alkyl halides is 6. The second-order valence-electron chi connectivity index (χ2n) is 8.14. The topological polar surface area (TPSA) is 52.6 Å². The van der Waals surface area contributed by atoms with Crippen molar-refractivity contribution in [2.45, 2.75) is 50.9 Å². The third-order valence-electron chi connectivity index (χ3n) is 5.61. The molecule has 3 rings (SSSR count). The summed E-state index contributed by atoms with van der Waals surface area (Å²) >= 11 is 0. The Morgan fingerprint density at radius 3 is 2.08 bits per heavy atom. The van der Waals surface area contributed by atoms with Crippen molar-refractivity contribution in [1.29, 1.82) is 0 Å². The second-order valence-corrected chi connectivity index (χ2v) is 9.68. The lowest BCUT2D eigenvalue weighted by atomic mass is 9.84. The Labute approximate surface area is 201 Å². The van der Waals surface area contributed by atoms with Crippen molar-refractivity contribution in [1.82, 2.24) is 0 Å². The van der Waals surface area contributed by atoms with E-state index in [9.17, 15) is 43.5 Å². The zero-order chi connectivity index (χ0) is 26.9. The summed E-state index contributed by atoms with van der Waals surface area (Å²) in [6, 6.07) is 5.67. The van der Waals surface area contributed by atoms with Gasteiger partial charge in [-0.25, -0.2) is 4.39 Å². The van der Waals surface area contributed by atoms with Gasteiger partial charge >= 0.3 is 22.0 Å². The first-order valence-corrected chi connectivity index (χ1v) is 12.1. The van der Waals surface area contributed by atoms with Crippen LogP contribution in [-0.2, 0) is 10.1 Å². The molecule has 0 heterocycles.